The summed E-state index contributed by atoms with van der Waals surface area (Å²) in [6.07, 6.45) is 1.47. The number of nitriles is 1. The molecule has 7 nitrogen and oxygen atoms in total. The molecule has 0 saturated carbocycles. The van der Waals surface area contributed by atoms with E-state index in [-0.39, 0.29) is 11.3 Å². The van der Waals surface area contributed by atoms with Gasteiger partial charge in [-0.3, -0.25) is 14.9 Å². The average Bonchev–Trinajstić information content (AvgIpc) is 2.87. The third-order valence-electron chi connectivity index (χ3n) is 5.48. The number of amides is 1. The summed E-state index contributed by atoms with van der Waals surface area (Å²) in [5.41, 5.74) is 2.43. The maximum atomic E-state index is 12.7. The second-order valence-electron chi connectivity index (χ2n) is 7.88. The van der Waals surface area contributed by atoms with Gasteiger partial charge in [0.15, 0.2) is 0 Å². The minimum atomic E-state index is -0.605. The lowest BCUT2D eigenvalue weighted by molar-refractivity contribution is -0.384. The van der Waals surface area contributed by atoms with Gasteiger partial charge in [0.1, 0.15) is 24.0 Å². The van der Waals surface area contributed by atoms with Gasteiger partial charge in [-0.1, -0.05) is 54.6 Å². The summed E-state index contributed by atoms with van der Waals surface area (Å²) in [6, 6.07) is 27.3. The monoisotopic (exact) mass is 463 g/mol. The van der Waals surface area contributed by atoms with E-state index in [0.29, 0.717) is 29.2 Å². The molecule has 0 aromatic heterocycles. The number of carbonyl (C=O) groups is 1. The van der Waals surface area contributed by atoms with Gasteiger partial charge in [0.2, 0.25) is 0 Å². The molecule has 0 aliphatic heterocycles. The van der Waals surface area contributed by atoms with Crippen LogP contribution in [0.15, 0.2) is 90.5 Å². The summed E-state index contributed by atoms with van der Waals surface area (Å²) in [7, 11) is 0. The molecule has 0 spiro atoms. The number of nitrogens with one attached hydrogen (secondary N) is 1. The van der Waals surface area contributed by atoms with Crippen LogP contribution in [0.4, 0.5) is 11.4 Å². The van der Waals surface area contributed by atoms with Crippen molar-refractivity contribution in [2.45, 2.75) is 13.5 Å². The Hall–Kier alpha value is -4.96. The molecule has 4 aromatic rings. The highest BCUT2D eigenvalue weighted by Crippen LogP contribution is 2.24. The molecule has 7 heteroatoms. The topological polar surface area (TPSA) is 105 Å². The maximum absolute atomic E-state index is 12.7. The number of nitrogens with zero attached hydrogens (tertiary/aromatic N) is 2. The Morgan fingerprint density at radius 2 is 1.83 bits per heavy atom. The van der Waals surface area contributed by atoms with Gasteiger partial charge in [-0.05, 0) is 58.7 Å². The number of non-ortho nitro benzene ring substituents is 1. The maximum Gasteiger partial charge on any atom is 0.269 e. The first-order valence-electron chi connectivity index (χ1n) is 10.8. The Balaban J connectivity index is 1.49. The van der Waals surface area contributed by atoms with Gasteiger partial charge in [0, 0.05) is 17.8 Å². The summed E-state index contributed by atoms with van der Waals surface area (Å²) in [6.45, 7) is 2.02. The van der Waals surface area contributed by atoms with Crippen LogP contribution >= 0.6 is 0 Å². The van der Waals surface area contributed by atoms with E-state index >= 15 is 0 Å². The second kappa shape index (κ2) is 10.3. The summed E-state index contributed by atoms with van der Waals surface area (Å²) >= 11 is 0. The van der Waals surface area contributed by atoms with Crippen LogP contribution in [0.2, 0.25) is 0 Å². The molecule has 1 N–H and O–H groups in total. The zero-order valence-electron chi connectivity index (χ0n) is 18.9. The van der Waals surface area contributed by atoms with Crippen LogP contribution in [0.25, 0.3) is 16.8 Å². The van der Waals surface area contributed by atoms with Crippen molar-refractivity contribution in [1.82, 2.24) is 0 Å². The van der Waals surface area contributed by atoms with Crippen LogP contribution < -0.4 is 10.1 Å². The van der Waals surface area contributed by atoms with Crippen molar-refractivity contribution in [3.8, 4) is 11.8 Å². The van der Waals surface area contributed by atoms with Gasteiger partial charge in [-0.2, -0.15) is 5.26 Å². The summed E-state index contributed by atoms with van der Waals surface area (Å²) in [5.74, 6) is 0.00197. The quantitative estimate of drug-likeness (QED) is 0.152. The van der Waals surface area contributed by atoms with Crippen LogP contribution in [0.5, 0.6) is 5.75 Å². The van der Waals surface area contributed by atoms with Gasteiger partial charge >= 0.3 is 0 Å². The number of nitro groups is 1. The fourth-order valence-corrected chi connectivity index (χ4v) is 3.68. The molecule has 0 heterocycles. The van der Waals surface area contributed by atoms with E-state index in [9.17, 15) is 20.2 Å². The van der Waals surface area contributed by atoms with Crippen LogP contribution in [0, 0.1) is 28.4 Å². The average molecular weight is 463 g/mol. The lowest BCUT2D eigenvalue weighted by atomic mass is 10.1. The summed E-state index contributed by atoms with van der Waals surface area (Å²) < 4.78 is 5.99. The summed E-state index contributed by atoms with van der Waals surface area (Å²) in [4.78, 5) is 23.1. The molecule has 35 heavy (non-hydrogen) atoms. The zero-order valence-corrected chi connectivity index (χ0v) is 18.9. The first-order chi connectivity index (χ1) is 16.9. The van der Waals surface area contributed by atoms with Crippen molar-refractivity contribution in [3.05, 3.63) is 117 Å². The molecule has 172 valence electrons. The molecule has 0 radical (unpaired) electrons. The van der Waals surface area contributed by atoms with E-state index in [1.165, 1.54) is 24.3 Å². The lowest BCUT2D eigenvalue weighted by Crippen LogP contribution is -2.14. The molecule has 0 fully saturated rings. The molecule has 4 aromatic carbocycles. The highest BCUT2D eigenvalue weighted by atomic mass is 16.6. The first kappa shape index (κ1) is 23.2. The van der Waals surface area contributed by atoms with Crippen LogP contribution in [-0.2, 0) is 11.4 Å². The van der Waals surface area contributed by atoms with Crippen molar-refractivity contribution in [1.29, 1.82) is 5.26 Å². The molecule has 0 bridgehead atoms. The van der Waals surface area contributed by atoms with Gasteiger partial charge in [-0.15, -0.1) is 0 Å². The van der Waals surface area contributed by atoms with E-state index in [2.05, 4.69) is 23.5 Å². The fraction of sp³-hybridized carbons (Fsp3) is 0.0714. The third-order valence-corrected chi connectivity index (χ3v) is 5.48. The van der Waals surface area contributed by atoms with Crippen LogP contribution in [0.1, 0.15) is 16.7 Å². The molecule has 0 saturated heterocycles. The number of benzene rings is 4. The molecular formula is C28H21N3O4. The Kier molecular flexibility index (Phi) is 6.84. The van der Waals surface area contributed by atoms with Crippen molar-refractivity contribution in [2.75, 3.05) is 5.32 Å². The third kappa shape index (κ3) is 5.52. The number of nitro benzene ring substituents is 1. The van der Waals surface area contributed by atoms with Gasteiger partial charge in [0.25, 0.3) is 11.6 Å². The Bertz CT molecular complexity index is 1500. The molecule has 0 atom stereocenters. The highest BCUT2D eigenvalue weighted by Gasteiger charge is 2.14. The van der Waals surface area contributed by atoms with Gasteiger partial charge < -0.3 is 10.1 Å². The number of anilines is 1. The standard InChI is InChI=1S/C28H21N3O4/c1-19-14-24(31(33)34)12-13-27(19)30-28(32)23(17-29)15-20-6-4-10-25(16-20)35-18-22-9-5-8-21-7-2-3-11-26(21)22/h2-16H,18H2,1H3,(H,30,32). The molecule has 0 unspecified atom stereocenters. The number of fused-ring (bicyclic) bond motifs is 1. The molecule has 1 amide bonds. The highest BCUT2D eigenvalue weighted by molar-refractivity contribution is 6.10. The molecule has 0 aliphatic rings. The smallest absolute Gasteiger partial charge is 0.269 e. The minimum absolute atomic E-state index is 0.0723. The second-order valence-corrected chi connectivity index (χ2v) is 7.88. The van der Waals surface area contributed by atoms with E-state index in [4.69, 9.17) is 4.74 Å². The van der Waals surface area contributed by atoms with Gasteiger partial charge in [0.05, 0.1) is 4.92 Å². The Morgan fingerprint density at radius 3 is 2.60 bits per heavy atom. The first-order valence-corrected chi connectivity index (χ1v) is 10.8. The SMILES string of the molecule is Cc1cc([N+](=O)[O-])ccc1NC(=O)C(C#N)=Cc1cccc(OCc2cccc3ccccc23)c1. The van der Waals surface area contributed by atoms with Crippen LogP contribution in [-0.4, -0.2) is 10.8 Å². The Labute approximate surface area is 202 Å². The van der Waals surface area contributed by atoms with Crippen molar-refractivity contribution >= 4 is 34.1 Å². The molecular weight excluding hydrogens is 442 g/mol. The summed E-state index contributed by atoms with van der Waals surface area (Å²) in [5, 5.41) is 25.4. The largest absolute Gasteiger partial charge is 0.489 e. The number of rotatable bonds is 7. The minimum Gasteiger partial charge on any atom is -0.489 e. The van der Waals surface area contributed by atoms with E-state index in [0.717, 1.165) is 16.3 Å². The number of ether oxygens (including phenoxy) is 1. The van der Waals surface area contributed by atoms with Gasteiger partial charge in [-0.25, -0.2) is 0 Å². The lowest BCUT2D eigenvalue weighted by Gasteiger charge is -2.10. The predicted molar refractivity (Wildman–Crippen MR) is 135 cm³/mol. The van der Waals surface area contributed by atoms with Crippen molar-refractivity contribution in [3.63, 3.8) is 0 Å². The van der Waals surface area contributed by atoms with Crippen molar-refractivity contribution in [2.24, 2.45) is 0 Å². The van der Waals surface area contributed by atoms with E-state index < -0.39 is 10.8 Å². The normalized spacial score (nSPS) is 11.0. The van der Waals surface area contributed by atoms with Crippen LogP contribution in [0.3, 0.4) is 0 Å². The predicted octanol–water partition coefficient (Wildman–Crippen LogP) is 6.18. The van der Waals surface area contributed by atoms with Crippen molar-refractivity contribution < 1.29 is 14.5 Å². The van der Waals surface area contributed by atoms with E-state index in [1.807, 2.05) is 36.4 Å². The number of hydrogen-bond donors (Lipinski definition) is 1. The zero-order chi connectivity index (χ0) is 24.8. The fourth-order valence-electron chi connectivity index (χ4n) is 3.68. The number of carbonyl (C=O) groups excluding carboxylic acids is 1. The molecule has 4 rings (SSSR count). The number of aryl methyl sites for hydroxylation is 1. The molecule has 0 aliphatic carbocycles. The number of hydrogen-bond acceptors (Lipinski definition) is 5. The van der Waals surface area contributed by atoms with E-state index in [1.54, 1.807) is 25.1 Å². The Morgan fingerprint density at radius 1 is 1.06 bits per heavy atom.